The Morgan fingerprint density at radius 2 is 2.28 bits per heavy atom. The van der Waals surface area contributed by atoms with Gasteiger partial charge in [-0.05, 0) is 33.8 Å². The average Bonchev–Trinajstić information content (AvgIpc) is 3.20. The lowest BCUT2D eigenvalue weighted by Crippen LogP contribution is -2.32. The number of rotatable bonds is 6. The summed E-state index contributed by atoms with van der Waals surface area (Å²) in [6.45, 7) is 9.37. The Labute approximate surface area is 172 Å². The van der Waals surface area contributed by atoms with Crippen molar-refractivity contribution >= 4 is 40.5 Å². The highest BCUT2D eigenvalue weighted by atomic mass is 32.1. The molecule has 0 saturated heterocycles. The average molecular weight is 413 g/mol. The molecule has 2 N–H and O–H groups in total. The van der Waals surface area contributed by atoms with Crippen LogP contribution in [-0.2, 0) is 11.3 Å². The Kier molecular flexibility index (Phi) is 6.03. The van der Waals surface area contributed by atoms with E-state index in [0.29, 0.717) is 28.2 Å². The highest BCUT2D eigenvalue weighted by Gasteiger charge is 2.29. The summed E-state index contributed by atoms with van der Waals surface area (Å²) in [4.78, 5) is 21.6. The summed E-state index contributed by atoms with van der Waals surface area (Å²) < 4.78 is 8.25. The molecule has 152 valence electrons. The van der Waals surface area contributed by atoms with Crippen LogP contribution in [0.4, 0.5) is 11.5 Å². The monoisotopic (exact) mass is 412 g/mol. The van der Waals surface area contributed by atoms with E-state index in [2.05, 4.69) is 26.7 Å². The molecule has 0 amide bonds. The minimum Gasteiger partial charge on any atom is -0.474 e. The molecule has 0 saturated carbocycles. The largest absolute Gasteiger partial charge is 0.474 e. The summed E-state index contributed by atoms with van der Waals surface area (Å²) in [7, 11) is 0. The van der Waals surface area contributed by atoms with Crippen molar-refractivity contribution in [3.63, 3.8) is 0 Å². The minimum atomic E-state index is -0.381. The van der Waals surface area contributed by atoms with E-state index < -0.39 is 0 Å². The molecule has 3 heterocycles. The van der Waals surface area contributed by atoms with Gasteiger partial charge in [0.1, 0.15) is 33.3 Å². The van der Waals surface area contributed by atoms with Gasteiger partial charge < -0.3 is 15.4 Å². The van der Waals surface area contributed by atoms with Gasteiger partial charge in [-0.15, -0.1) is 11.3 Å². The van der Waals surface area contributed by atoms with Crippen molar-refractivity contribution in [1.29, 1.82) is 5.26 Å². The molecule has 0 fully saturated rings. The van der Waals surface area contributed by atoms with Crippen molar-refractivity contribution < 1.29 is 4.74 Å². The van der Waals surface area contributed by atoms with Crippen molar-refractivity contribution in [3.8, 4) is 6.07 Å². The van der Waals surface area contributed by atoms with Crippen LogP contribution in [0, 0.1) is 11.3 Å². The Bertz CT molecular complexity index is 1150. The Morgan fingerprint density at radius 1 is 1.48 bits per heavy atom. The molecule has 9 heteroatoms. The third kappa shape index (κ3) is 4.49. The zero-order valence-electron chi connectivity index (χ0n) is 16.9. The molecule has 0 radical (unpaired) electrons. The summed E-state index contributed by atoms with van der Waals surface area (Å²) in [5.41, 5.74) is 0.556. The molecule has 1 aliphatic heterocycles. The van der Waals surface area contributed by atoms with Gasteiger partial charge in [0.25, 0.3) is 5.56 Å². The van der Waals surface area contributed by atoms with Gasteiger partial charge in [0, 0.05) is 37.2 Å². The van der Waals surface area contributed by atoms with Gasteiger partial charge in [-0.25, -0.2) is 9.98 Å². The molecule has 3 rings (SSSR count). The number of thiazole rings is 1. The molecule has 0 atom stereocenters. The molecule has 0 spiro atoms. The van der Waals surface area contributed by atoms with Crippen molar-refractivity contribution in [1.82, 2.24) is 9.55 Å². The smallest absolute Gasteiger partial charge is 0.270 e. The third-order valence-electron chi connectivity index (χ3n) is 4.22. The number of aromatic nitrogens is 2. The number of hydrogen-bond acceptors (Lipinski definition) is 8. The summed E-state index contributed by atoms with van der Waals surface area (Å²) in [5.74, 6) is 1.05. The van der Waals surface area contributed by atoms with E-state index in [1.54, 1.807) is 17.0 Å². The van der Waals surface area contributed by atoms with E-state index in [1.807, 2.05) is 39.8 Å². The van der Waals surface area contributed by atoms with E-state index in [4.69, 9.17) is 4.74 Å². The fraction of sp³-hybridized carbons (Fsp3) is 0.400. The number of anilines is 2. The first-order valence-electron chi connectivity index (χ1n) is 9.42. The summed E-state index contributed by atoms with van der Waals surface area (Å²) >= 11 is 1.24. The number of nitrogens with one attached hydrogen (secondary N) is 2. The highest BCUT2D eigenvalue weighted by molar-refractivity contribution is 7.07. The van der Waals surface area contributed by atoms with Crippen LogP contribution in [0.25, 0.3) is 11.8 Å². The zero-order chi connectivity index (χ0) is 21.0. The quantitative estimate of drug-likeness (QED) is 0.745. The Balaban J connectivity index is 2.06. The molecule has 0 unspecified atom stereocenters. The normalized spacial score (nSPS) is 16.7. The second-order valence-electron chi connectivity index (χ2n) is 7.07. The second-order valence-corrected chi connectivity index (χ2v) is 8.11. The van der Waals surface area contributed by atoms with E-state index in [-0.39, 0.29) is 16.7 Å². The number of nitrogens with zero attached hydrogens (tertiary/aromatic N) is 4. The standard InChI is InChI=1S/C20H24N6O2S/c1-5-22-16-9-13(7-8-23-16)24-11-15-18(27)26(6-2)19(29-15)14(10-21)17-25-20(3,4)12-28-17/h7-9,11H,5-6,12H2,1-4H3,(H2,22,23,24)/b15-11+,19-14-. The minimum absolute atomic E-state index is 0.161. The number of aliphatic imine (C=N–C) groups is 1. The number of ether oxygens (including phenoxy) is 1. The second kappa shape index (κ2) is 8.49. The first kappa shape index (κ1) is 20.6. The Morgan fingerprint density at radius 3 is 2.90 bits per heavy atom. The van der Waals surface area contributed by atoms with Crippen LogP contribution in [0.2, 0.25) is 0 Å². The van der Waals surface area contributed by atoms with E-state index >= 15 is 0 Å². The van der Waals surface area contributed by atoms with E-state index in [9.17, 15) is 10.1 Å². The van der Waals surface area contributed by atoms with E-state index in [0.717, 1.165) is 18.1 Å². The maximum Gasteiger partial charge on any atom is 0.270 e. The summed E-state index contributed by atoms with van der Waals surface area (Å²) in [5, 5.41) is 16.0. The first-order chi connectivity index (χ1) is 13.9. The molecular formula is C20H24N6O2S. The lowest BCUT2D eigenvalue weighted by molar-refractivity contribution is 0.281. The molecule has 0 aromatic carbocycles. The van der Waals surface area contributed by atoms with Gasteiger partial charge in [-0.2, -0.15) is 5.26 Å². The molecule has 8 nitrogen and oxygen atoms in total. The van der Waals surface area contributed by atoms with Crippen LogP contribution in [0.15, 0.2) is 28.1 Å². The molecule has 2 aromatic heterocycles. The van der Waals surface area contributed by atoms with Crippen LogP contribution < -0.4 is 25.4 Å². The maximum absolute atomic E-state index is 12.8. The van der Waals surface area contributed by atoms with Crippen LogP contribution in [0.5, 0.6) is 0 Å². The van der Waals surface area contributed by atoms with Crippen molar-refractivity contribution in [2.24, 2.45) is 4.99 Å². The molecule has 29 heavy (non-hydrogen) atoms. The fourth-order valence-electron chi connectivity index (χ4n) is 2.84. The van der Waals surface area contributed by atoms with E-state index in [1.165, 1.54) is 11.3 Å². The molecule has 2 aromatic rings. The molecular weight excluding hydrogens is 388 g/mol. The molecule has 0 aliphatic carbocycles. The first-order valence-corrected chi connectivity index (χ1v) is 10.2. The summed E-state index contributed by atoms with van der Waals surface area (Å²) in [6, 6.07) is 5.85. The van der Waals surface area contributed by atoms with Crippen molar-refractivity contribution in [2.45, 2.75) is 39.8 Å². The zero-order valence-corrected chi connectivity index (χ0v) is 17.8. The Hall–Kier alpha value is -3.12. The van der Waals surface area contributed by atoms with Crippen LogP contribution in [0.3, 0.4) is 0 Å². The fourth-order valence-corrected chi connectivity index (χ4v) is 3.92. The lowest BCUT2D eigenvalue weighted by Gasteiger charge is -2.07. The van der Waals surface area contributed by atoms with Gasteiger partial charge in [-0.3, -0.25) is 9.36 Å². The van der Waals surface area contributed by atoms with Crippen molar-refractivity contribution in [2.75, 3.05) is 23.8 Å². The number of pyridine rings is 1. The van der Waals surface area contributed by atoms with Gasteiger partial charge in [-0.1, -0.05) is 0 Å². The number of nitriles is 1. The van der Waals surface area contributed by atoms with Crippen LogP contribution in [0.1, 0.15) is 27.7 Å². The molecule has 1 aliphatic rings. The third-order valence-corrected chi connectivity index (χ3v) is 5.35. The van der Waals surface area contributed by atoms with Gasteiger partial charge in [0.05, 0.1) is 5.54 Å². The molecule has 0 bridgehead atoms. The predicted octanol–water partition coefficient (Wildman–Crippen LogP) is 1.49. The van der Waals surface area contributed by atoms with Gasteiger partial charge >= 0.3 is 0 Å². The SMILES string of the molecule is CCNc1cc(N/C=c2/s/c(=C(/C#N)C3=NC(C)(C)CO3)n(CC)c2=O)ccn1. The maximum atomic E-state index is 12.8. The predicted molar refractivity (Wildman–Crippen MR) is 116 cm³/mol. The van der Waals surface area contributed by atoms with Crippen molar-refractivity contribution in [3.05, 3.63) is 37.9 Å². The van der Waals surface area contributed by atoms with Crippen LogP contribution >= 0.6 is 11.3 Å². The lowest BCUT2D eigenvalue weighted by atomic mass is 10.1. The van der Waals surface area contributed by atoms with Gasteiger partial charge in [0.2, 0.25) is 5.90 Å². The highest BCUT2D eigenvalue weighted by Crippen LogP contribution is 2.20. The van der Waals surface area contributed by atoms with Gasteiger partial charge in [0.15, 0.2) is 0 Å². The summed E-state index contributed by atoms with van der Waals surface area (Å²) in [6.07, 6.45) is 3.35. The van der Waals surface area contributed by atoms with Crippen LogP contribution in [-0.4, -0.2) is 34.1 Å². The number of hydrogen-bond donors (Lipinski definition) is 2. The topological polar surface area (TPSA) is 104 Å².